The van der Waals surface area contributed by atoms with Crippen LogP contribution in [0.3, 0.4) is 0 Å². The summed E-state index contributed by atoms with van der Waals surface area (Å²) in [6, 6.07) is 1.78. The van der Waals surface area contributed by atoms with Crippen molar-refractivity contribution in [1.82, 2.24) is 14.7 Å². The number of aromatic nitrogens is 2. The molecule has 0 aliphatic carbocycles. The van der Waals surface area contributed by atoms with Gasteiger partial charge < -0.3 is 9.64 Å². The van der Waals surface area contributed by atoms with Crippen LogP contribution in [0.2, 0.25) is 0 Å². The normalized spacial score (nSPS) is 13.7. The van der Waals surface area contributed by atoms with E-state index in [1.54, 1.807) is 10.7 Å². The van der Waals surface area contributed by atoms with Crippen molar-refractivity contribution < 1.29 is 9.53 Å². The Morgan fingerprint density at radius 1 is 1.35 bits per heavy atom. The summed E-state index contributed by atoms with van der Waals surface area (Å²) in [5.41, 5.74) is 0.522. The standard InChI is InChI=1S/C15H25N3O2/c1-3-5-8-17(9-6-4-2)15(19)13-12-14-18(16-13)10-7-11-20-14/h12H,3-11H2,1-2H3. The van der Waals surface area contributed by atoms with Gasteiger partial charge in [-0.2, -0.15) is 5.10 Å². The zero-order valence-corrected chi connectivity index (χ0v) is 12.6. The molecule has 0 N–H and O–H groups in total. The number of carbonyl (C=O) groups is 1. The Kier molecular flexibility index (Phi) is 5.44. The van der Waals surface area contributed by atoms with Crippen LogP contribution in [-0.4, -0.2) is 40.3 Å². The van der Waals surface area contributed by atoms with Crippen LogP contribution in [0.25, 0.3) is 0 Å². The molecule has 0 saturated carbocycles. The van der Waals surface area contributed by atoms with Gasteiger partial charge in [-0.05, 0) is 12.8 Å². The molecule has 20 heavy (non-hydrogen) atoms. The summed E-state index contributed by atoms with van der Waals surface area (Å²) in [7, 11) is 0. The van der Waals surface area contributed by atoms with Crippen LogP contribution in [-0.2, 0) is 6.54 Å². The third-order valence-electron chi connectivity index (χ3n) is 3.58. The second-order valence-electron chi connectivity index (χ2n) is 5.29. The highest BCUT2D eigenvalue weighted by Crippen LogP contribution is 2.19. The molecule has 0 fully saturated rings. The van der Waals surface area contributed by atoms with E-state index < -0.39 is 0 Å². The molecule has 1 aromatic rings. The van der Waals surface area contributed by atoms with Gasteiger partial charge in [-0.25, -0.2) is 4.68 Å². The SMILES string of the molecule is CCCCN(CCCC)C(=O)c1cc2n(n1)CCCO2. The van der Waals surface area contributed by atoms with Gasteiger partial charge in [0.2, 0.25) is 5.88 Å². The first-order chi connectivity index (χ1) is 9.76. The lowest BCUT2D eigenvalue weighted by molar-refractivity contribution is 0.0744. The van der Waals surface area contributed by atoms with Crippen molar-refractivity contribution >= 4 is 5.91 Å². The number of hydrogen-bond acceptors (Lipinski definition) is 3. The van der Waals surface area contributed by atoms with Crippen LogP contribution in [0.1, 0.15) is 56.4 Å². The fraction of sp³-hybridized carbons (Fsp3) is 0.733. The maximum Gasteiger partial charge on any atom is 0.274 e. The summed E-state index contributed by atoms with van der Waals surface area (Å²) >= 11 is 0. The average Bonchev–Trinajstić information content (AvgIpc) is 2.90. The minimum absolute atomic E-state index is 0.0393. The first-order valence-electron chi connectivity index (χ1n) is 7.76. The van der Waals surface area contributed by atoms with Crippen molar-refractivity contribution in [3.8, 4) is 5.88 Å². The van der Waals surface area contributed by atoms with E-state index in [0.717, 1.165) is 57.6 Å². The van der Waals surface area contributed by atoms with Gasteiger partial charge in [0.25, 0.3) is 5.91 Å². The van der Waals surface area contributed by atoms with Gasteiger partial charge in [-0.1, -0.05) is 26.7 Å². The number of nitrogens with zero attached hydrogens (tertiary/aromatic N) is 3. The molecule has 0 spiro atoms. The molecule has 0 aromatic carbocycles. The number of carbonyl (C=O) groups excluding carboxylic acids is 1. The molecule has 1 aliphatic rings. The van der Waals surface area contributed by atoms with Crippen molar-refractivity contribution in [3.05, 3.63) is 11.8 Å². The molecule has 5 heteroatoms. The van der Waals surface area contributed by atoms with Crippen LogP contribution in [0.4, 0.5) is 0 Å². The predicted octanol–water partition coefficient (Wildman–Crippen LogP) is 2.71. The molecule has 0 bridgehead atoms. The Bertz CT molecular complexity index is 411. The van der Waals surface area contributed by atoms with E-state index in [2.05, 4.69) is 18.9 Å². The van der Waals surface area contributed by atoms with Crippen molar-refractivity contribution in [2.24, 2.45) is 0 Å². The fourth-order valence-corrected chi connectivity index (χ4v) is 2.35. The quantitative estimate of drug-likeness (QED) is 0.771. The average molecular weight is 279 g/mol. The summed E-state index contributed by atoms with van der Waals surface area (Å²) in [6.45, 7) is 7.48. The van der Waals surface area contributed by atoms with E-state index in [-0.39, 0.29) is 5.91 Å². The number of ether oxygens (including phenoxy) is 1. The molecule has 0 saturated heterocycles. The van der Waals surface area contributed by atoms with E-state index in [4.69, 9.17) is 4.74 Å². The fourth-order valence-electron chi connectivity index (χ4n) is 2.35. The first kappa shape index (κ1) is 14.9. The Morgan fingerprint density at radius 2 is 2.05 bits per heavy atom. The minimum Gasteiger partial charge on any atom is -0.478 e. The van der Waals surface area contributed by atoms with E-state index in [0.29, 0.717) is 12.3 Å². The van der Waals surface area contributed by atoms with E-state index in [1.807, 2.05) is 4.90 Å². The lowest BCUT2D eigenvalue weighted by atomic mass is 10.2. The van der Waals surface area contributed by atoms with Gasteiger partial charge in [0.1, 0.15) is 0 Å². The largest absolute Gasteiger partial charge is 0.478 e. The zero-order valence-electron chi connectivity index (χ0n) is 12.6. The van der Waals surface area contributed by atoms with Gasteiger partial charge >= 0.3 is 0 Å². The number of hydrogen-bond donors (Lipinski definition) is 0. The lowest BCUT2D eigenvalue weighted by Crippen LogP contribution is -2.33. The van der Waals surface area contributed by atoms with Crippen molar-refractivity contribution in [3.63, 3.8) is 0 Å². The third kappa shape index (κ3) is 3.52. The summed E-state index contributed by atoms with van der Waals surface area (Å²) in [5.74, 6) is 0.767. The van der Waals surface area contributed by atoms with Crippen LogP contribution in [0.15, 0.2) is 6.07 Å². The van der Waals surface area contributed by atoms with Gasteiger partial charge in [-0.3, -0.25) is 4.79 Å². The molecule has 0 atom stereocenters. The maximum atomic E-state index is 12.6. The molecule has 5 nitrogen and oxygen atoms in total. The monoisotopic (exact) mass is 279 g/mol. The van der Waals surface area contributed by atoms with Gasteiger partial charge in [-0.15, -0.1) is 0 Å². The number of fused-ring (bicyclic) bond motifs is 1. The summed E-state index contributed by atoms with van der Waals surface area (Å²) < 4.78 is 7.33. The highest BCUT2D eigenvalue weighted by Gasteiger charge is 2.21. The molecular formula is C15H25N3O2. The van der Waals surface area contributed by atoms with Gasteiger partial charge in [0.15, 0.2) is 5.69 Å². The van der Waals surface area contributed by atoms with Crippen molar-refractivity contribution in [2.75, 3.05) is 19.7 Å². The number of rotatable bonds is 7. The van der Waals surface area contributed by atoms with E-state index in [1.165, 1.54) is 0 Å². The van der Waals surface area contributed by atoms with Crippen LogP contribution < -0.4 is 4.74 Å². The first-order valence-corrected chi connectivity index (χ1v) is 7.76. The van der Waals surface area contributed by atoms with E-state index >= 15 is 0 Å². The molecule has 1 amide bonds. The van der Waals surface area contributed by atoms with Crippen LogP contribution in [0, 0.1) is 0 Å². The summed E-state index contributed by atoms with van der Waals surface area (Å²) in [6.07, 6.45) is 5.23. The molecule has 2 heterocycles. The molecule has 112 valence electrons. The Balaban J connectivity index is 2.07. The molecule has 0 radical (unpaired) electrons. The smallest absolute Gasteiger partial charge is 0.274 e. The number of aryl methyl sites for hydroxylation is 1. The highest BCUT2D eigenvalue weighted by molar-refractivity contribution is 5.92. The predicted molar refractivity (Wildman–Crippen MR) is 78.1 cm³/mol. The van der Waals surface area contributed by atoms with Gasteiger partial charge in [0.05, 0.1) is 6.61 Å². The van der Waals surface area contributed by atoms with E-state index in [9.17, 15) is 4.79 Å². The number of amides is 1. The Labute approximate surface area is 120 Å². The molecule has 2 rings (SSSR count). The highest BCUT2D eigenvalue weighted by atomic mass is 16.5. The minimum atomic E-state index is 0.0393. The summed E-state index contributed by atoms with van der Waals surface area (Å²) in [5, 5.41) is 4.39. The maximum absolute atomic E-state index is 12.6. The second kappa shape index (κ2) is 7.31. The second-order valence-corrected chi connectivity index (χ2v) is 5.29. The van der Waals surface area contributed by atoms with Crippen molar-refractivity contribution in [2.45, 2.75) is 52.5 Å². The molecule has 1 aromatic heterocycles. The van der Waals surface area contributed by atoms with Crippen LogP contribution >= 0.6 is 0 Å². The zero-order chi connectivity index (χ0) is 14.4. The summed E-state index contributed by atoms with van der Waals surface area (Å²) in [4.78, 5) is 14.5. The van der Waals surface area contributed by atoms with Gasteiger partial charge in [0, 0.05) is 32.1 Å². The third-order valence-corrected chi connectivity index (χ3v) is 3.58. The Morgan fingerprint density at radius 3 is 2.65 bits per heavy atom. The molecular weight excluding hydrogens is 254 g/mol. The Hall–Kier alpha value is -1.52. The lowest BCUT2D eigenvalue weighted by Gasteiger charge is -2.21. The van der Waals surface area contributed by atoms with Crippen molar-refractivity contribution in [1.29, 1.82) is 0 Å². The topological polar surface area (TPSA) is 47.4 Å². The molecule has 0 unspecified atom stereocenters. The molecule has 1 aliphatic heterocycles. The van der Waals surface area contributed by atoms with Crippen LogP contribution in [0.5, 0.6) is 5.88 Å². The number of unbranched alkanes of at least 4 members (excludes halogenated alkanes) is 2.